The zero-order valence-electron chi connectivity index (χ0n) is 23.5. The molecule has 0 bridgehead atoms. The summed E-state index contributed by atoms with van der Waals surface area (Å²) in [7, 11) is 3.14. The highest BCUT2D eigenvalue weighted by Crippen LogP contribution is 2.54. The quantitative estimate of drug-likeness (QED) is 0.312. The van der Waals surface area contributed by atoms with Gasteiger partial charge >= 0.3 is 0 Å². The number of fused-ring (bicyclic) bond motifs is 3. The molecule has 1 aromatic carbocycles. The highest BCUT2D eigenvalue weighted by molar-refractivity contribution is 6.24. The fourth-order valence-corrected chi connectivity index (χ4v) is 6.85. The van der Waals surface area contributed by atoms with Gasteiger partial charge in [0.15, 0.2) is 11.4 Å². The number of benzene rings is 1. The van der Waals surface area contributed by atoms with Crippen molar-refractivity contribution in [3.05, 3.63) is 58.3 Å². The van der Waals surface area contributed by atoms with E-state index in [2.05, 4.69) is 4.90 Å². The molecule has 3 aliphatic rings. The maximum Gasteiger partial charge on any atom is 0.255 e. The molecule has 1 amide bonds. The molecule has 218 valence electrons. The van der Waals surface area contributed by atoms with E-state index in [9.17, 15) is 34.8 Å². The second-order valence-corrected chi connectivity index (χ2v) is 11.2. The number of phenols is 1. The third kappa shape index (κ3) is 4.10. The van der Waals surface area contributed by atoms with E-state index in [0.29, 0.717) is 17.7 Å². The third-order valence-electron chi connectivity index (χ3n) is 8.92. The summed E-state index contributed by atoms with van der Waals surface area (Å²) in [6, 6.07) is 2.49. The highest BCUT2D eigenvalue weighted by Gasteiger charge is 2.64. The number of furan rings is 1. The Morgan fingerprint density at radius 1 is 1.17 bits per heavy atom. The predicted octanol–water partition coefficient (Wildman–Crippen LogP) is 2.07. The van der Waals surface area contributed by atoms with Crippen LogP contribution in [0.5, 0.6) is 5.75 Å². The lowest BCUT2D eigenvalue weighted by Gasteiger charge is -2.50. The van der Waals surface area contributed by atoms with Gasteiger partial charge in [-0.25, -0.2) is 0 Å². The number of likely N-dealkylation sites (N-methyl/N-ethyl adjacent to an activating group) is 1. The molecule has 11 nitrogen and oxygen atoms in total. The molecular formula is C30H35N3O8. The van der Waals surface area contributed by atoms with Crippen LogP contribution in [0.2, 0.25) is 0 Å². The van der Waals surface area contributed by atoms with Gasteiger partial charge in [0.2, 0.25) is 5.78 Å². The molecule has 0 saturated heterocycles. The number of primary amides is 1. The maximum atomic E-state index is 14.1. The second kappa shape index (κ2) is 10.2. The van der Waals surface area contributed by atoms with Crippen LogP contribution in [0.4, 0.5) is 0 Å². The van der Waals surface area contributed by atoms with Crippen molar-refractivity contribution in [1.82, 2.24) is 9.80 Å². The van der Waals surface area contributed by atoms with Crippen molar-refractivity contribution in [1.29, 1.82) is 0 Å². The number of Topliss-reactive ketones (excluding diaryl/α,β-unsaturated/α-hetero) is 2. The van der Waals surface area contributed by atoms with E-state index >= 15 is 0 Å². The zero-order chi connectivity index (χ0) is 30.0. The van der Waals surface area contributed by atoms with E-state index in [4.69, 9.17) is 10.2 Å². The molecule has 0 spiro atoms. The third-order valence-corrected chi connectivity index (χ3v) is 8.92. The number of ketones is 2. The van der Waals surface area contributed by atoms with Crippen LogP contribution >= 0.6 is 0 Å². The standard InChI is InChI=1S/C30H35N3O8/c1-5-33(6-2)12-16-10-17(14-7-8-41-13-14)18-9-15-11-19-23(32(3)4)26(36)22(29(31)39)28(38)30(19,40)27(37)20(15)25(35)21(18)24(16)34/h7-8,10,13,15,19,23,34-35,38,40H,5-6,9,11-12H2,1-4H3,(H2,31,39)/t15-,19-,23?,30-/m1/s1. The first-order valence-corrected chi connectivity index (χ1v) is 13.7. The van der Waals surface area contributed by atoms with Gasteiger partial charge in [-0.3, -0.25) is 24.2 Å². The van der Waals surface area contributed by atoms with Gasteiger partial charge in [0.1, 0.15) is 22.8 Å². The number of nitrogens with zero attached hydrogens (tertiary/aromatic N) is 2. The Morgan fingerprint density at radius 2 is 1.85 bits per heavy atom. The molecule has 0 aliphatic heterocycles. The van der Waals surface area contributed by atoms with Crippen LogP contribution in [0.15, 0.2) is 46.0 Å². The van der Waals surface area contributed by atoms with Crippen molar-refractivity contribution in [2.24, 2.45) is 17.6 Å². The first-order valence-electron chi connectivity index (χ1n) is 13.7. The Balaban J connectivity index is 1.76. The summed E-state index contributed by atoms with van der Waals surface area (Å²) in [6.07, 6.45) is 3.31. The Bertz CT molecular complexity index is 1500. The van der Waals surface area contributed by atoms with Gasteiger partial charge in [-0.15, -0.1) is 0 Å². The van der Waals surface area contributed by atoms with E-state index in [-0.39, 0.29) is 29.7 Å². The zero-order valence-corrected chi connectivity index (χ0v) is 23.5. The molecule has 1 heterocycles. The van der Waals surface area contributed by atoms with Crippen molar-refractivity contribution in [2.75, 3.05) is 27.2 Å². The SMILES string of the molecule is CCN(CC)Cc1cc(-c2ccoc2)c2c(c1O)C(O)=C1C(=O)[C@@]3(O)C(O)=C(C(N)=O)C(=O)C(N(C)C)[C@H]3C[C@H]1C2. The Labute approximate surface area is 237 Å². The Morgan fingerprint density at radius 3 is 2.41 bits per heavy atom. The number of aliphatic hydroxyl groups is 3. The minimum absolute atomic E-state index is 0.0263. The van der Waals surface area contributed by atoms with Gasteiger partial charge in [0.25, 0.3) is 5.91 Å². The summed E-state index contributed by atoms with van der Waals surface area (Å²) in [5.41, 5.74) is 4.35. The predicted molar refractivity (Wildman–Crippen MR) is 149 cm³/mol. The molecule has 1 fully saturated rings. The average Bonchev–Trinajstić information content (AvgIpc) is 3.45. The molecule has 1 saturated carbocycles. The van der Waals surface area contributed by atoms with Crippen molar-refractivity contribution >= 4 is 23.2 Å². The fraction of sp³-hybridized carbons (Fsp3) is 0.433. The number of carbonyl (C=O) groups excluding carboxylic acids is 3. The molecule has 0 radical (unpaired) electrons. The minimum Gasteiger partial charge on any atom is -0.508 e. The number of nitrogens with two attached hydrogens (primary N) is 1. The molecule has 4 atom stereocenters. The van der Waals surface area contributed by atoms with Crippen molar-refractivity contribution in [2.45, 2.75) is 44.9 Å². The summed E-state index contributed by atoms with van der Waals surface area (Å²) in [5, 5.41) is 46.0. The molecule has 1 aromatic heterocycles. The summed E-state index contributed by atoms with van der Waals surface area (Å²) in [5.74, 6) is -6.67. The topological polar surface area (TPSA) is 178 Å². The van der Waals surface area contributed by atoms with Gasteiger partial charge in [-0.2, -0.15) is 0 Å². The highest BCUT2D eigenvalue weighted by atomic mass is 16.3. The Hall–Kier alpha value is -3.93. The largest absolute Gasteiger partial charge is 0.508 e. The van der Waals surface area contributed by atoms with Crippen molar-refractivity contribution in [3.8, 4) is 16.9 Å². The molecule has 6 N–H and O–H groups in total. The maximum absolute atomic E-state index is 14.1. The van der Waals surface area contributed by atoms with E-state index in [1.54, 1.807) is 26.4 Å². The Kier molecular flexibility index (Phi) is 7.09. The lowest BCUT2D eigenvalue weighted by Crippen LogP contribution is -2.65. The number of phenolic OH excluding ortho intramolecular Hbond substituents is 1. The van der Waals surface area contributed by atoms with Crippen LogP contribution in [-0.4, -0.2) is 86.5 Å². The number of hydrogen-bond donors (Lipinski definition) is 5. The van der Waals surface area contributed by atoms with E-state index in [1.165, 1.54) is 11.2 Å². The lowest BCUT2D eigenvalue weighted by atomic mass is 9.57. The molecule has 2 aromatic rings. The summed E-state index contributed by atoms with van der Waals surface area (Å²) in [6.45, 7) is 5.80. The fourth-order valence-electron chi connectivity index (χ4n) is 6.85. The van der Waals surface area contributed by atoms with E-state index in [1.807, 2.05) is 19.9 Å². The molecule has 11 heteroatoms. The van der Waals surface area contributed by atoms with Crippen LogP contribution in [0.3, 0.4) is 0 Å². The van der Waals surface area contributed by atoms with Crippen LogP contribution < -0.4 is 5.73 Å². The second-order valence-electron chi connectivity index (χ2n) is 11.2. The van der Waals surface area contributed by atoms with Crippen molar-refractivity contribution < 1.29 is 39.2 Å². The molecule has 5 rings (SSSR count). The monoisotopic (exact) mass is 565 g/mol. The van der Waals surface area contributed by atoms with Crippen LogP contribution in [0, 0.1) is 11.8 Å². The van der Waals surface area contributed by atoms with Gasteiger partial charge in [-0.1, -0.05) is 13.8 Å². The first-order chi connectivity index (χ1) is 19.4. The van der Waals surface area contributed by atoms with Gasteiger partial charge in [0.05, 0.1) is 24.1 Å². The van der Waals surface area contributed by atoms with Crippen LogP contribution in [0.1, 0.15) is 37.0 Å². The normalized spacial score (nSPS) is 26.0. The summed E-state index contributed by atoms with van der Waals surface area (Å²) < 4.78 is 5.33. The molecular weight excluding hydrogens is 530 g/mol. The summed E-state index contributed by atoms with van der Waals surface area (Å²) >= 11 is 0. The number of hydrogen-bond acceptors (Lipinski definition) is 10. The number of carbonyl (C=O) groups is 3. The average molecular weight is 566 g/mol. The smallest absolute Gasteiger partial charge is 0.255 e. The summed E-state index contributed by atoms with van der Waals surface area (Å²) in [4.78, 5) is 43.2. The first kappa shape index (κ1) is 28.6. The number of aromatic hydroxyl groups is 1. The lowest BCUT2D eigenvalue weighted by molar-refractivity contribution is -0.153. The number of rotatable bonds is 7. The van der Waals surface area contributed by atoms with Gasteiger partial charge in [-0.05, 0) is 69.2 Å². The van der Waals surface area contributed by atoms with Gasteiger partial charge < -0.3 is 30.6 Å². The van der Waals surface area contributed by atoms with Crippen LogP contribution in [0.25, 0.3) is 16.9 Å². The molecule has 3 aliphatic carbocycles. The minimum atomic E-state index is -2.67. The molecule has 1 unspecified atom stereocenters. The van der Waals surface area contributed by atoms with Crippen molar-refractivity contribution in [3.63, 3.8) is 0 Å². The molecule has 41 heavy (non-hydrogen) atoms. The van der Waals surface area contributed by atoms with E-state index in [0.717, 1.165) is 24.2 Å². The number of amides is 1. The van der Waals surface area contributed by atoms with E-state index < -0.39 is 58.0 Å². The van der Waals surface area contributed by atoms with Gasteiger partial charge in [0, 0.05) is 29.2 Å². The number of aliphatic hydroxyl groups excluding tert-OH is 2. The van der Waals surface area contributed by atoms with Crippen LogP contribution in [-0.2, 0) is 27.3 Å².